The molecule has 1 heterocycles. The van der Waals surface area contributed by atoms with Crippen LogP contribution in [0.1, 0.15) is 30.2 Å². The zero-order valence-corrected chi connectivity index (χ0v) is 10.9. The predicted molar refractivity (Wildman–Crippen MR) is 65.5 cm³/mol. The molecule has 0 aliphatic heterocycles. The molecule has 0 radical (unpaired) electrons. The first kappa shape index (κ1) is 13.4. The molecular weight excluding hydrogens is 250 g/mol. The van der Waals surface area contributed by atoms with Crippen molar-refractivity contribution in [3.05, 3.63) is 17.3 Å². The number of hydrogen-bond donors (Lipinski definition) is 3. The molecule has 1 fully saturated rings. The monoisotopic (exact) mass is 267 g/mol. The number of nitrogens with one attached hydrogen (secondary N) is 2. The summed E-state index contributed by atoms with van der Waals surface area (Å²) in [7, 11) is 0. The number of urea groups is 1. The number of aromatic nitrogens is 1. The molecule has 0 unspecified atom stereocenters. The molecule has 1 aliphatic rings. The maximum Gasteiger partial charge on any atom is 0.315 e. The quantitative estimate of drug-likeness (QED) is 0.737. The minimum Gasteiger partial charge on any atom is -0.481 e. The zero-order chi connectivity index (χ0) is 14.0. The summed E-state index contributed by atoms with van der Waals surface area (Å²) in [6, 6.07) is -0.416. The Bertz CT molecular complexity index is 486. The fourth-order valence-corrected chi connectivity index (χ4v) is 1.70. The lowest BCUT2D eigenvalue weighted by Gasteiger charge is -2.11. The number of hydrogen-bond acceptors (Lipinski definition) is 4. The average Bonchev–Trinajstić information content (AvgIpc) is 3.08. The highest BCUT2D eigenvalue weighted by Crippen LogP contribution is 2.45. The van der Waals surface area contributed by atoms with Crippen LogP contribution < -0.4 is 10.6 Å². The molecular formula is C12H17N3O4. The number of nitrogens with zero attached hydrogens (tertiary/aromatic N) is 1. The van der Waals surface area contributed by atoms with Crippen molar-refractivity contribution in [2.45, 2.75) is 33.2 Å². The summed E-state index contributed by atoms with van der Waals surface area (Å²) in [4.78, 5) is 26.6. The van der Waals surface area contributed by atoms with Crippen LogP contribution in [0, 0.1) is 19.3 Å². The van der Waals surface area contributed by atoms with Gasteiger partial charge in [-0.1, -0.05) is 0 Å². The Kier molecular flexibility index (Phi) is 3.46. The summed E-state index contributed by atoms with van der Waals surface area (Å²) in [5, 5.41) is 14.1. The van der Waals surface area contributed by atoms with Gasteiger partial charge in [-0.05, 0) is 26.7 Å². The van der Waals surface area contributed by atoms with E-state index in [2.05, 4.69) is 15.6 Å². The van der Waals surface area contributed by atoms with E-state index in [1.54, 1.807) is 6.92 Å². The second-order valence-electron chi connectivity index (χ2n) is 4.87. The first-order valence-electron chi connectivity index (χ1n) is 6.11. The summed E-state index contributed by atoms with van der Waals surface area (Å²) in [5.41, 5.74) is 0.0352. The lowest BCUT2D eigenvalue weighted by molar-refractivity contribution is -0.143. The third-order valence-electron chi connectivity index (χ3n) is 3.37. The molecule has 0 aromatic carbocycles. The van der Waals surface area contributed by atoms with Crippen LogP contribution in [0.5, 0.6) is 0 Å². The van der Waals surface area contributed by atoms with Gasteiger partial charge in [0.05, 0.1) is 17.7 Å². The number of carbonyl (C=O) groups is 2. The molecule has 2 amide bonds. The second-order valence-corrected chi connectivity index (χ2v) is 4.87. The molecule has 0 atom stereocenters. The molecule has 1 aliphatic carbocycles. The maximum absolute atomic E-state index is 11.5. The summed E-state index contributed by atoms with van der Waals surface area (Å²) >= 11 is 0. The van der Waals surface area contributed by atoms with Crippen molar-refractivity contribution < 1.29 is 19.1 Å². The topological polar surface area (TPSA) is 104 Å². The number of aryl methyl sites for hydroxylation is 2. The molecule has 0 bridgehead atoms. The van der Waals surface area contributed by atoms with Gasteiger partial charge < -0.3 is 20.2 Å². The highest BCUT2D eigenvalue weighted by Gasteiger charge is 2.50. The van der Waals surface area contributed by atoms with Gasteiger partial charge in [-0.15, -0.1) is 0 Å². The molecule has 7 heteroatoms. The van der Waals surface area contributed by atoms with Gasteiger partial charge in [0, 0.05) is 6.54 Å². The molecule has 19 heavy (non-hydrogen) atoms. The Balaban J connectivity index is 1.75. The summed E-state index contributed by atoms with van der Waals surface area (Å²) in [6.07, 6.45) is 1.22. The van der Waals surface area contributed by atoms with Crippen molar-refractivity contribution in [3.63, 3.8) is 0 Å². The Morgan fingerprint density at radius 1 is 1.37 bits per heavy atom. The van der Waals surface area contributed by atoms with E-state index in [0.717, 1.165) is 11.5 Å². The van der Waals surface area contributed by atoms with E-state index in [1.165, 1.54) is 0 Å². The standard InChI is InChI=1S/C12H17N3O4/c1-7-8(2)19-9(15-7)5-13-11(18)14-6-12(3-4-12)10(16)17/h3-6H2,1-2H3,(H,16,17)(H2,13,14,18). The Labute approximate surface area is 110 Å². The zero-order valence-electron chi connectivity index (χ0n) is 10.9. The Hall–Kier alpha value is -2.05. The Morgan fingerprint density at radius 3 is 2.53 bits per heavy atom. The van der Waals surface area contributed by atoms with Crippen LogP contribution in [0.2, 0.25) is 0 Å². The SMILES string of the molecule is Cc1nc(CNC(=O)NCC2(C(=O)O)CC2)oc1C. The number of carboxylic acids is 1. The lowest BCUT2D eigenvalue weighted by Crippen LogP contribution is -2.40. The van der Waals surface area contributed by atoms with E-state index < -0.39 is 17.4 Å². The minimum absolute atomic E-state index is 0.151. The maximum atomic E-state index is 11.5. The van der Waals surface area contributed by atoms with Crippen molar-refractivity contribution >= 4 is 12.0 Å². The van der Waals surface area contributed by atoms with Gasteiger partial charge in [0.15, 0.2) is 0 Å². The van der Waals surface area contributed by atoms with Crippen LogP contribution in [0.4, 0.5) is 4.79 Å². The average molecular weight is 267 g/mol. The van der Waals surface area contributed by atoms with E-state index in [1.807, 2.05) is 6.92 Å². The molecule has 3 N–H and O–H groups in total. The smallest absolute Gasteiger partial charge is 0.315 e. The highest BCUT2D eigenvalue weighted by molar-refractivity contribution is 5.80. The largest absolute Gasteiger partial charge is 0.481 e. The van der Waals surface area contributed by atoms with Crippen LogP contribution in [0.15, 0.2) is 4.42 Å². The van der Waals surface area contributed by atoms with E-state index >= 15 is 0 Å². The molecule has 0 saturated heterocycles. The van der Waals surface area contributed by atoms with Crippen LogP contribution in [-0.2, 0) is 11.3 Å². The highest BCUT2D eigenvalue weighted by atomic mass is 16.4. The van der Waals surface area contributed by atoms with Gasteiger partial charge in [-0.3, -0.25) is 4.79 Å². The molecule has 0 spiro atoms. The number of carboxylic acid groups (broad SMARTS) is 1. The van der Waals surface area contributed by atoms with Crippen molar-refractivity contribution in [3.8, 4) is 0 Å². The third-order valence-corrected chi connectivity index (χ3v) is 3.37. The lowest BCUT2D eigenvalue weighted by atomic mass is 10.1. The van der Waals surface area contributed by atoms with Crippen molar-refractivity contribution in [1.29, 1.82) is 0 Å². The van der Waals surface area contributed by atoms with Crippen molar-refractivity contribution in [2.24, 2.45) is 5.41 Å². The first-order valence-corrected chi connectivity index (χ1v) is 6.11. The first-order chi connectivity index (χ1) is 8.93. The normalized spacial score (nSPS) is 15.9. The van der Waals surface area contributed by atoms with Gasteiger partial charge in [-0.2, -0.15) is 0 Å². The van der Waals surface area contributed by atoms with Gasteiger partial charge in [0.1, 0.15) is 5.76 Å². The molecule has 1 saturated carbocycles. The van der Waals surface area contributed by atoms with Gasteiger partial charge in [0.25, 0.3) is 0 Å². The van der Waals surface area contributed by atoms with Crippen molar-refractivity contribution in [2.75, 3.05) is 6.54 Å². The van der Waals surface area contributed by atoms with E-state index in [-0.39, 0.29) is 13.1 Å². The molecule has 1 aromatic heterocycles. The Morgan fingerprint density at radius 2 is 2.05 bits per heavy atom. The van der Waals surface area contributed by atoms with Crippen molar-refractivity contribution in [1.82, 2.24) is 15.6 Å². The molecule has 104 valence electrons. The number of oxazole rings is 1. The van der Waals surface area contributed by atoms with E-state index in [0.29, 0.717) is 18.7 Å². The number of amides is 2. The molecule has 1 aromatic rings. The van der Waals surface area contributed by atoms with E-state index in [9.17, 15) is 9.59 Å². The second kappa shape index (κ2) is 4.91. The van der Waals surface area contributed by atoms with Gasteiger partial charge >= 0.3 is 12.0 Å². The van der Waals surface area contributed by atoms with Crippen LogP contribution in [-0.4, -0.2) is 28.6 Å². The summed E-state index contributed by atoms with van der Waals surface area (Å²) in [6.45, 7) is 3.96. The van der Waals surface area contributed by atoms with Crippen LogP contribution in [0.25, 0.3) is 0 Å². The van der Waals surface area contributed by atoms with Gasteiger partial charge in [0.2, 0.25) is 5.89 Å². The molecule has 2 rings (SSSR count). The number of aliphatic carboxylic acids is 1. The summed E-state index contributed by atoms with van der Waals surface area (Å²) < 4.78 is 5.31. The van der Waals surface area contributed by atoms with Crippen LogP contribution >= 0.6 is 0 Å². The number of carbonyl (C=O) groups excluding carboxylic acids is 1. The molecule has 7 nitrogen and oxygen atoms in total. The van der Waals surface area contributed by atoms with Crippen LogP contribution in [0.3, 0.4) is 0 Å². The van der Waals surface area contributed by atoms with E-state index in [4.69, 9.17) is 9.52 Å². The fraction of sp³-hybridized carbons (Fsp3) is 0.583. The summed E-state index contributed by atoms with van der Waals surface area (Å²) in [5.74, 6) is 0.302. The minimum atomic E-state index is -0.855. The third kappa shape index (κ3) is 3.04. The number of rotatable bonds is 5. The predicted octanol–water partition coefficient (Wildman–Crippen LogP) is 0.955. The van der Waals surface area contributed by atoms with Gasteiger partial charge in [-0.25, -0.2) is 9.78 Å². The fourth-order valence-electron chi connectivity index (χ4n) is 1.70.